The predicted molar refractivity (Wildman–Crippen MR) is 110 cm³/mol. The summed E-state index contributed by atoms with van der Waals surface area (Å²) in [5.74, 6) is -0.0687. The maximum Gasteiger partial charge on any atom is 0.256 e. The molecule has 0 aliphatic carbocycles. The van der Waals surface area contributed by atoms with E-state index in [0.717, 1.165) is 11.3 Å². The van der Waals surface area contributed by atoms with E-state index in [-0.39, 0.29) is 11.9 Å². The molecule has 0 aliphatic heterocycles. The second-order valence-electron chi connectivity index (χ2n) is 6.79. The Bertz CT molecular complexity index is 993. The zero-order valence-electron chi connectivity index (χ0n) is 16.0. The van der Waals surface area contributed by atoms with E-state index in [9.17, 15) is 4.79 Å². The van der Waals surface area contributed by atoms with Crippen molar-refractivity contribution in [3.05, 3.63) is 89.7 Å². The monoisotopic (exact) mass is 370 g/mol. The number of nitriles is 1. The molecule has 2 aromatic carbocycles. The number of nitrogens with zero attached hydrogens (tertiary/aromatic N) is 3. The molecule has 0 spiro atoms. The molecule has 1 aromatic heterocycles. The smallest absolute Gasteiger partial charge is 0.256 e. The number of carbonyl (C=O) groups excluding carboxylic acids is 1. The Hall–Kier alpha value is -3.65. The highest BCUT2D eigenvalue weighted by atomic mass is 16.2. The number of pyridine rings is 1. The molecular weight excluding hydrogens is 348 g/mol. The first-order valence-electron chi connectivity index (χ1n) is 9.14. The van der Waals surface area contributed by atoms with E-state index in [1.54, 1.807) is 30.6 Å². The van der Waals surface area contributed by atoms with Gasteiger partial charge in [-0.3, -0.25) is 9.78 Å². The van der Waals surface area contributed by atoms with Crippen molar-refractivity contribution in [3.63, 3.8) is 0 Å². The van der Waals surface area contributed by atoms with Crippen LogP contribution in [0.3, 0.4) is 0 Å². The van der Waals surface area contributed by atoms with Crippen molar-refractivity contribution in [1.29, 1.82) is 5.26 Å². The molecule has 0 aliphatic rings. The van der Waals surface area contributed by atoms with Crippen molar-refractivity contribution in [3.8, 4) is 6.07 Å². The van der Waals surface area contributed by atoms with Crippen LogP contribution in [0.4, 0.5) is 11.4 Å². The zero-order valence-corrected chi connectivity index (χ0v) is 16.0. The van der Waals surface area contributed by atoms with Gasteiger partial charge < -0.3 is 10.2 Å². The quantitative estimate of drug-likeness (QED) is 0.680. The van der Waals surface area contributed by atoms with Gasteiger partial charge in [0, 0.05) is 24.5 Å². The van der Waals surface area contributed by atoms with Gasteiger partial charge >= 0.3 is 0 Å². The van der Waals surface area contributed by atoms with E-state index in [1.165, 1.54) is 0 Å². The van der Waals surface area contributed by atoms with E-state index < -0.39 is 0 Å². The van der Waals surface area contributed by atoms with Crippen molar-refractivity contribution in [2.45, 2.75) is 26.4 Å². The number of nitrogens with one attached hydrogen (secondary N) is 1. The molecule has 0 saturated carbocycles. The molecule has 1 N–H and O–H groups in total. The number of carbonyl (C=O) groups is 1. The second kappa shape index (κ2) is 8.83. The third-order valence-electron chi connectivity index (χ3n) is 4.35. The van der Waals surface area contributed by atoms with Gasteiger partial charge in [-0.2, -0.15) is 5.26 Å². The molecule has 0 saturated heterocycles. The SMILES string of the molecule is CC(C)N(Cc1ccccc1)C(=O)c1cncc(Nc2cccc(C#N)c2)c1. The summed E-state index contributed by atoms with van der Waals surface area (Å²) in [6.45, 7) is 4.55. The number of rotatable bonds is 6. The first kappa shape index (κ1) is 19.1. The summed E-state index contributed by atoms with van der Waals surface area (Å²) in [7, 11) is 0. The van der Waals surface area contributed by atoms with Gasteiger partial charge in [0.2, 0.25) is 0 Å². The van der Waals surface area contributed by atoms with Crippen LogP contribution in [0.15, 0.2) is 73.1 Å². The lowest BCUT2D eigenvalue weighted by atomic mass is 10.1. The van der Waals surface area contributed by atoms with Crippen LogP contribution in [-0.4, -0.2) is 21.8 Å². The lowest BCUT2D eigenvalue weighted by Crippen LogP contribution is -2.36. The molecule has 0 radical (unpaired) electrons. The molecule has 3 rings (SSSR count). The Morgan fingerprint density at radius 1 is 1.07 bits per heavy atom. The zero-order chi connectivity index (χ0) is 19.9. The third-order valence-corrected chi connectivity index (χ3v) is 4.35. The summed E-state index contributed by atoms with van der Waals surface area (Å²) in [5, 5.41) is 12.2. The fourth-order valence-corrected chi connectivity index (χ4v) is 2.89. The minimum absolute atomic E-state index is 0.0524. The molecule has 28 heavy (non-hydrogen) atoms. The van der Waals surface area contributed by atoms with E-state index in [2.05, 4.69) is 16.4 Å². The summed E-state index contributed by atoms with van der Waals surface area (Å²) < 4.78 is 0. The molecule has 3 aromatic rings. The highest BCUT2D eigenvalue weighted by molar-refractivity contribution is 5.95. The minimum Gasteiger partial charge on any atom is -0.354 e. The number of benzene rings is 2. The summed E-state index contributed by atoms with van der Waals surface area (Å²) >= 11 is 0. The minimum atomic E-state index is -0.0687. The number of amides is 1. The van der Waals surface area contributed by atoms with Gasteiger partial charge in [-0.15, -0.1) is 0 Å². The maximum atomic E-state index is 13.1. The van der Waals surface area contributed by atoms with E-state index >= 15 is 0 Å². The van der Waals surface area contributed by atoms with Crippen molar-refractivity contribution in [2.24, 2.45) is 0 Å². The van der Waals surface area contributed by atoms with Gasteiger partial charge in [0.25, 0.3) is 5.91 Å². The van der Waals surface area contributed by atoms with E-state index in [0.29, 0.717) is 23.4 Å². The number of aromatic nitrogens is 1. The molecule has 0 atom stereocenters. The Labute approximate surface area is 165 Å². The molecule has 0 fully saturated rings. The summed E-state index contributed by atoms with van der Waals surface area (Å²) in [6.07, 6.45) is 3.24. The van der Waals surface area contributed by atoms with Gasteiger partial charge in [0.05, 0.1) is 29.1 Å². The lowest BCUT2D eigenvalue weighted by Gasteiger charge is -2.27. The van der Waals surface area contributed by atoms with Crippen LogP contribution < -0.4 is 5.32 Å². The average Bonchev–Trinajstić information content (AvgIpc) is 2.72. The number of anilines is 2. The Kier molecular flexibility index (Phi) is 6.03. The van der Waals surface area contributed by atoms with E-state index in [1.807, 2.05) is 61.2 Å². The highest BCUT2D eigenvalue weighted by Crippen LogP contribution is 2.20. The Balaban J connectivity index is 1.81. The molecule has 1 heterocycles. The normalized spacial score (nSPS) is 10.4. The fourth-order valence-electron chi connectivity index (χ4n) is 2.89. The van der Waals surface area contributed by atoms with Crippen LogP contribution in [0, 0.1) is 11.3 Å². The van der Waals surface area contributed by atoms with E-state index in [4.69, 9.17) is 5.26 Å². The van der Waals surface area contributed by atoms with Crippen LogP contribution >= 0.6 is 0 Å². The van der Waals surface area contributed by atoms with Crippen molar-refractivity contribution >= 4 is 17.3 Å². The molecule has 0 unspecified atom stereocenters. The van der Waals surface area contributed by atoms with Gasteiger partial charge in [-0.05, 0) is 43.7 Å². The molecular formula is C23H22N4O. The summed E-state index contributed by atoms with van der Waals surface area (Å²) in [4.78, 5) is 19.2. The largest absolute Gasteiger partial charge is 0.354 e. The first-order chi connectivity index (χ1) is 13.6. The van der Waals surface area contributed by atoms with Gasteiger partial charge in [0.1, 0.15) is 0 Å². The first-order valence-corrected chi connectivity index (χ1v) is 9.14. The standard InChI is InChI=1S/C23H22N4O/c1-17(2)27(16-18-7-4-3-5-8-18)23(28)20-12-22(15-25-14-20)26-21-10-6-9-19(11-21)13-24/h3-12,14-15,17,26H,16H2,1-2H3. The third kappa shape index (κ3) is 4.74. The van der Waals surface area contributed by atoms with Crippen LogP contribution in [0.25, 0.3) is 0 Å². The Morgan fingerprint density at radius 3 is 2.57 bits per heavy atom. The van der Waals surface area contributed by atoms with Crippen molar-refractivity contribution in [1.82, 2.24) is 9.88 Å². The van der Waals surface area contributed by atoms with Gasteiger partial charge in [-0.1, -0.05) is 36.4 Å². The van der Waals surface area contributed by atoms with Crippen molar-refractivity contribution < 1.29 is 4.79 Å². The van der Waals surface area contributed by atoms with Gasteiger partial charge in [0.15, 0.2) is 0 Å². The summed E-state index contributed by atoms with van der Waals surface area (Å²) in [5.41, 5.74) is 3.64. The predicted octanol–water partition coefficient (Wildman–Crippen LogP) is 4.75. The molecule has 0 bridgehead atoms. The summed E-state index contributed by atoms with van der Waals surface area (Å²) in [6, 6.07) is 21.1. The maximum absolute atomic E-state index is 13.1. The molecule has 140 valence electrons. The lowest BCUT2D eigenvalue weighted by molar-refractivity contribution is 0.0690. The van der Waals surface area contributed by atoms with Crippen LogP contribution in [-0.2, 0) is 6.54 Å². The van der Waals surface area contributed by atoms with Crippen LogP contribution in [0.5, 0.6) is 0 Å². The van der Waals surface area contributed by atoms with Crippen LogP contribution in [0.2, 0.25) is 0 Å². The molecule has 1 amide bonds. The van der Waals surface area contributed by atoms with Gasteiger partial charge in [-0.25, -0.2) is 0 Å². The second-order valence-corrected chi connectivity index (χ2v) is 6.79. The van der Waals surface area contributed by atoms with Crippen LogP contribution in [0.1, 0.15) is 35.3 Å². The molecule has 5 heteroatoms. The number of hydrogen-bond acceptors (Lipinski definition) is 4. The number of hydrogen-bond donors (Lipinski definition) is 1. The molecule has 5 nitrogen and oxygen atoms in total. The average molecular weight is 370 g/mol. The topological polar surface area (TPSA) is 69.0 Å². The highest BCUT2D eigenvalue weighted by Gasteiger charge is 2.19. The van der Waals surface area contributed by atoms with Crippen molar-refractivity contribution in [2.75, 3.05) is 5.32 Å². The Morgan fingerprint density at radius 2 is 1.86 bits per heavy atom. The fraction of sp³-hybridized carbons (Fsp3) is 0.174.